The number of thiol groups is 1. The van der Waals surface area contributed by atoms with Crippen LogP contribution in [-0.4, -0.2) is 99.0 Å². The van der Waals surface area contributed by atoms with Crippen LogP contribution in [0.25, 0.3) is 0 Å². The molecule has 0 aromatic carbocycles. The SMILES string of the molecule is NCCCC[C@H](NC(=O)[C@H](CS)NC(=O)[C@@H](N)Cc1cnc[nH]1)C(=O)N[C@@H](CCC(N)=O)C(=O)N[C@@H](CCC(N)=O)C(=O)O. The van der Waals surface area contributed by atoms with E-state index in [-0.39, 0.29) is 44.3 Å². The minimum Gasteiger partial charge on any atom is -0.480 e. The van der Waals surface area contributed by atoms with E-state index in [1.807, 2.05) is 0 Å². The number of hydrogen-bond acceptors (Lipinski definition) is 11. The van der Waals surface area contributed by atoms with Crippen LogP contribution < -0.4 is 44.2 Å². The molecule has 0 radical (unpaired) electrons. The Balaban J connectivity index is 3.04. The van der Waals surface area contributed by atoms with Crippen molar-refractivity contribution < 1.29 is 38.7 Å². The molecule has 1 aromatic rings. The number of carbonyl (C=O) groups excluding carboxylic acids is 6. The van der Waals surface area contributed by atoms with Crippen LogP contribution >= 0.6 is 12.6 Å². The van der Waals surface area contributed by atoms with Gasteiger partial charge in [-0.15, -0.1) is 0 Å². The van der Waals surface area contributed by atoms with E-state index in [2.05, 4.69) is 43.9 Å². The van der Waals surface area contributed by atoms with E-state index >= 15 is 0 Å². The number of H-pyrrole nitrogens is 1. The van der Waals surface area contributed by atoms with E-state index in [1.165, 1.54) is 12.5 Å². The van der Waals surface area contributed by atoms with Gasteiger partial charge >= 0.3 is 5.97 Å². The van der Waals surface area contributed by atoms with Crippen LogP contribution in [0.5, 0.6) is 0 Å². The van der Waals surface area contributed by atoms with Crippen molar-refractivity contribution in [3.8, 4) is 0 Å². The molecule has 44 heavy (non-hydrogen) atoms. The summed E-state index contributed by atoms with van der Waals surface area (Å²) in [4.78, 5) is 92.8. The summed E-state index contributed by atoms with van der Waals surface area (Å²) in [7, 11) is 0. The number of primary amides is 2. The monoisotopic (exact) mass is 642 g/mol. The maximum Gasteiger partial charge on any atom is 0.326 e. The van der Waals surface area contributed by atoms with Crippen LogP contribution in [0.2, 0.25) is 0 Å². The smallest absolute Gasteiger partial charge is 0.326 e. The first-order valence-electron chi connectivity index (χ1n) is 13.8. The number of nitrogens with two attached hydrogens (primary N) is 4. The highest BCUT2D eigenvalue weighted by Crippen LogP contribution is 2.07. The molecule has 19 heteroatoms. The summed E-state index contributed by atoms with van der Waals surface area (Å²) in [5.41, 5.74) is 22.4. The van der Waals surface area contributed by atoms with Crippen molar-refractivity contribution in [2.24, 2.45) is 22.9 Å². The molecule has 18 nitrogen and oxygen atoms in total. The summed E-state index contributed by atoms with van der Waals surface area (Å²) < 4.78 is 0. The van der Waals surface area contributed by atoms with Gasteiger partial charge in [0.15, 0.2) is 0 Å². The van der Waals surface area contributed by atoms with Gasteiger partial charge in [-0.25, -0.2) is 9.78 Å². The largest absolute Gasteiger partial charge is 0.480 e. The first-order valence-corrected chi connectivity index (χ1v) is 14.5. The van der Waals surface area contributed by atoms with Gasteiger partial charge in [0, 0.05) is 36.9 Å². The van der Waals surface area contributed by atoms with E-state index in [1.54, 1.807) is 0 Å². The number of aliphatic carboxylic acids is 1. The lowest BCUT2D eigenvalue weighted by Gasteiger charge is -2.26. The molecule has 0 unspecified atom stereocenters. The third-order valence-corrected chi connectivity index (χ3v) is 6.70. The van der Waals surface area contributed by atoms with Gasteiger partial charge in [0.05, 0.1) is 12.4 Å². The topological polar surface area (TPSA) is 321 Å². The molecule has 0 saturated carbocycles. The first kappa shape index (κ1) is 37.8. The predicted octanol–water partition coefficient (Wildman–Crippen LogP) is -4.11. The Hall–Kier alpha value is -4.23. The fraction of sp³-hybridized carbons (Fsp3) is 0.600. The molecule has 0 aliphatic carbocycles. The molecular formula is C25H42N10O8S. The van der Waals surface area contributed by atoms with Gasteiger partial charge in [-0.2, -0.15) is 12.6 Å². The van der Waals surface area contributed by atoms with Gasteiger partial charge < -0.3 is 54.3 Å². The quantitative estimate of drug-likeness (QED) is 0.0426. The van der Waals surface area contributed by atoms with Gasteiger partial charge in [0.1, 0.15) is 24.2 Å². The Kier molecular flexibility index (Phi) is 17.1. The summed E-state index contributed by atoms with van der Waals surface area (Å²) in [5, 5.41) is 19.1. The highest BCUT2D eigenvalue weighted by molar-refractivity contribution is 7.80. The second-order valence-corrected chi connectivity index (χ2v) is 10.3. The summed E-state index contributed by atoms with van der Waals surface area (Å²) >= 11 is 4.13. The third kappa shape index (κ3) is 14.3. The van der Waals surface area contributed by atoms with E-state index in [0.29, 0.717) is 25.1 Å². The molecule has 6 amide bonds. The molecule has 1 heterocycles. The summed E-state index contributed by atoms with van der Waals surface area (Å²) in [6, 6.07) is -6.36. The molecule has 5 atom stereocenters. The Labute approximate surface area is 259 Å². The van der Waals surface area contributed by atoms with Crippen molar-refractivity contribution in [3.63, 3.8) is 0 Å². The number of carboxylic acids is 1. The number of hydrogen-bond donors (Lipinski definition) is 11. The molecule has 1 rings (SSSR count). The van der Waals surface area contributed by atoms with Crippen molar-refractivity contribution in [2.75, 3.05) is 12.3 Å². The lowest BCUT2D eigenvalue weighted by Crippen LogP contribution is -2.59. The van der Waals surface area contributed by atoms with E-state index in [0.717, 1.165) is 0 Å². The number of unbranched alkanes of at least 4 members (excludes halogenated alkanes) is 1. The number of carbonyl (C=O) groups is 7. The van der Waals surface area contributed by atoms with Gasteiger partial charge in [0.2, 0.25) is 35.4 Å². The van der Waals surface area contributed by atoms with Crippen LogP contribution in [0.3, 0.4) is 0 Å². The Morgan fingerprint density at radius 2 is 1.30 bits per heavy atom. The van der Waals surface area contributed by atoms with Gasteiger partial charge in [-0.3, -0.25) is 28.8 Å². The minimum atomic E-state index is -1.51. The van der Waals surface area contributed by atoms with Crippen LogP contribution in [0, 0.1) is 0 Å². The molecular weight excluding hydrogens is 600 g/mol. The van der Waals surface area contributed by atoms with Crippen LogP contribution in [0.4, 0.5) is 0 Å². The fourth-order valence-corrected chi connectivity index (χ4v) is 4.13. The molecule has 0 spiro atoms. The normalized spacial score (nSPS) is 14.2. The highest BCUT2D eigenvalue weighted by atomic mass is 32.1. The number of nitrogens with zero attached hydrogens (tertiary/aromatic N) is 1. The number of carboxylic acid groups (broad SMARTS) is 1. The van der Waals surface area contributed by atoms with Gasteiger partial charge in [-0.1, -0.05) is 0 Å². The standard InChI is InChI=1S/C25H42N10O8S/c26-8-2-1-3-15(32-24(41)18(11-44)35-21(38)14(27)9-13-10-30-12-31-13)22(39)33-16(4-6-19(28)36)23(40)34-17(25(42)43)5-7-20(29)37/h10,12,14-18,44H,1-9,11,26-27H2,(H2,28,36)(H2,29,37)(H,30,31)(H,32,41)(H,33,39)(H,34,40)(H,35,38)(H,42,43)/t14-,15-,16-,17-,18-/m0/s1. The lowest BCUT2D eigenvalue weighted by molar-refractivity contribution is -0.142. The summed E-state index contributed by atoms with van der Waals surface area (Å²) in [6.07, 6.45) is 2.76. The molecule has 1 aromatic heterocycles. The molecule has 0 aliphatic rings. The fourth-order valence-electron chi connectivity index (χ4n) is 3.88. The molecule has 0 bridgehead atoms. The molecule has 0 aliphatic heterocycles. The van der Waals surface area contributed by atoms with Crippen LogP contribution in [0.1, 0.15) is 50.6 Å². The second kappa shape index (κ2) is 19.9. The van der Waals surface area contributed by atoms with Crippen molar-refractivity contribution in [2.45, 2.75) is 81.6 Å². The maximum absolute atomic E-state index is 13.3. The average molecular weight is 643 g/mol. The Morgan fingerprint density at radius 3 is 1.77 bits per heavy atom. The van der Waals surface area contributed by atoms with E-state index in [9.17, 15) is 38.7 Å². The number of nitrogens with one attached hydrogen (secondary N) is 5. The lowest BCUT2D eigenvalue weighted by atomic mass is 10.0. The zero-order valence-corrected chi connectivity index (χ0v) is 25.0. The molecule has 14 N–H and O–H groups in total. The van der Waals surface area contributed by atoms with Crippen molar-refractivity contribution in [1.29, 1.82) is 0 Å². The zero-order valence-electron chi connectivity index (χ0n) is 24.1. The predicted molar refractivity (Wildman–Crippen MR) is 159 cm³/mol. The number of aromatic amines is 1. The summed E-state index contributed by atoms with van der Waals surface area (Å²) in [5.74, 6) is -6.36. The van der Waals surface area contributed by atoms with Crippen LogP contribution in [-0.2, 0) is 40.0 Å². The minimum absolute atomic E-state index is 0.0852. The average Bonchev–Trinajstić information content (AvgIpc) is 3.47. The number of aromatic nitrogens is 2. The maximum atomic E-state index is 13.3. The van der Waals surface area contributed by atoms with Crippen molar-refractivity contribution >= 4 is 54.0 Å². The van der Waals surface area contributed by atoms with E-state index < -0.39 is 71.6 Å². The Bertz CT molecular complexity index is 1140. The van der Waals surface area contributed by atoms with Gasteiger partial charge in [0.25, 0.3) is 0 Å². The van der Waals surface area contributed by atoms with Crippen molar-refractivity contribution in [3.05, 3.63) is 18.2 Å². The molecule has 0 saturated heterocycles. The molecule has 0 fully saturated rings. The number of imidazole rings is 1. The zero-order chi connectivity index (χ0) is 33.2. The number of rotatable bonds is 22. The third-order valence-electron chi connectivity index (χ3n) is 6.33. The second-order valence-electron chi connectivity index (χ2n) is 9.95. The Morgan fingerprint density at radius 1 is 0.795 bits per heavy atom. The highest BCUT2D eigenvalue weighted by Gasteiger charge is 2.31. The first-order chi connectivity index (χ1) is 20.8. The van der Waals surface area contributed by atoms with Crippen molar-refractivity contribution in [1.82, 2.24) is 31.2 Å². The molecule has 246 valence electrons. The van der Waals surface area contributed by atoms with E-state index in [4.69, 9.17) is 22.9 Å². The van der Waals surface area contributed by atoms with Crippen LogP contribution in [0.15, 0.2) is 12.5 Å². The summed E-state index contributed by atoms with van der Waals surface area (Å²) in [6.45, 7) is 0.303. The number of amides is 6. The van der Waals surface area contributed by atoms with Gasteiger partial charge in [-0.05, 0) is 38.6 Å².